The van der Waals surface area contributed by atoms with Crippen molar-refractivity contribution in [3.05, 3.63) is 65.2 Å². The topological polar surface area (TPSA) is 86.7 Å². The molecule has 0 saturated heterocycles. The SMILES string of the molecule is CC(C)(Nc1ccc(CN2C(=O)c3ccccc3C2=O)cc1)C(=O)O. The summed E-state index contributed by atoms with van der Waals surface area (Å²) in [6.45, 7) is 3.32. The highest BCUT2D eigenvalue weighted by Gasteiger charge is 2.35. The lowest BCUT2D eigenvalue weighted by molar-refractivity contribution is -0.141. The molecule has 128 valence electrons. The summed E-state index contributed by atoms with van der Waals surface area (Å²) in [7, 11) is 0. The maximum atomic E-state index is 12.4. The maximum absolute atomic E-state index is 12.4. The summed E-state index contributed by atoms with van der Waals surface area (Å²) in [5.41, 5.74) is 1.19. The molecule has 0 saturated carbocycles. The Kier molecular flexibility index (Phi) is 4.04. The molecule has 0 radical (unpaired) electrons. The van der Waals surface area contributed by atoms with Gasteiger partial charge in [0, 0.05) is 5.69 Å². The molecule has 2 N–H and O–H groups in total. The van der Waals surface area contributed by atoms with E-state index in [1.165, 1.54) is 4.90 Å². The second kappa shape index (κ2) is 6.05. The molecule has 0 aromatic heterocycles. The summed E-state index contributed by atoms with van der Waals surface area (Å²) in [5, 5.41) is 12.1. The average Bonchev–Trinajstić information content (AvgIpc) is 2.82. The first-order valence-electron chi connectivity index (χ1n) is 7.85. The Morgan fingerprint density at radius 1 is 1.00 bits per heavy atom. The zero-order valence-corrected chi connectivity index (χ0v) is 13.9. The fourth-order valence-electron chi connectivity index (χ4n) is 2.67. The monoisotopic (exact) mass is 338 g/mol. The number of hydrogen-bond donors (Lipinski definition) is 2. The molecule has 0 unspecified atom stereocenters. The number of benzene rings is 2. The van der Waals surface area contributed by atoms with Crippen LogP contribution in [0.5, 0.6) is 0 Å². The molecule has 2 amide bonds. The Bertz CT molecular complexity index is 821. The number of amides is 2. The average molecular weight is 338 g/mol. The Morgan fingerprint density at radius 2 is 1.52 bits per heavy atom. The van der Waals surface area contributed by atoms with Crippen molar-refractivity contribution in [2.75, 3.05) is 5.32 Å². The number of rotatable bonds is 5. The van der Waals surface area contributed by atoms with Crippen molar-refractivity contribution in [1.29, 1.82) is 0 Å². The lowest BCUT2D eigenvalue weighted by Gasteiger charge is -2.22. The van der Waals surface area contributed by atoms with E-state index in [2.05, 4.69) is 5.32 Å². The maximum Gasteiger partial charge on any atom is 0.328 e. The second-order valence-corrected chi connectivity index (χ2v) is 6.49. The number of nitrogens with one attached hydrogen (secondary N) is 1. The van der Waals surface area contributed by atoms with E-state index in [0.717, 1.165) is 5.56 Å². The van der Waals surface area contributed by atoms with Crippen LogP contribution in [0, 0.1) is 0 Å². The normalized spacial score (nSPS) is 13.8. The number of carboxylic acid groups (broad SMARTS) is 1. The number of carboxylic acids is 1. The number of nitrogens with zero attached hydrogens (tertiary/aromatic N) is 1. The number of anilines is 1. The van der Waals surface area contributed by atoms with Gasteiger partial charge in [-0.3, -0.25) is 14.5 Å². The largest absolute Gasteiger partial charge is 0.480 e. The fourth-order valence-corrected chi connectivity index (χ4v) is 2.67. The minimum Gasteiger partial charge on any atom is -0.480 e. The molecule has 1 heterocycles. The lowest BCUT2D eigenvalue weighted by atomic mass is 10.1. The Morgan fingerprint density at radius 3 is 2.00 bits per heavy atom. The van der Waals surface area contributed by atoms with Crippen molar-refractivity contribution in [2.24, 2.45) is 0 Å². The first kappa shape index (κ1) is 16.7. The van der Waals surface area contributed by atoms with Gasteiger partial charge in [0.05, 0.1) is 17.7 Å². The molecule has 0 fully saturated rings. The summed E-state index contributed by atoms with van der Waals surface area (Å²) in [6.07, 6.45) is 0. The van der Waals surface area contributed by atoms with Crippen molar-refractivity contribution in [3.63, 3.8) is 0 Å². The van der Waals surface area contributed by atoms with E-state index in [1.54, 1.807) is 62.4 Å². The van der Waals surface area contributed by atoms with Gasteiger partial charge in [0.1, 0.15) is 5.54 Å². The predicted molar refractivity (Wildman–Crippen MR) is 92.4 cm³/mol. The Hall–Kier alpha value is -3.15. The van der Waals surface area contributed by atoms with Crippen LogP contribution in [0.4, 0.5) is 5.69 Å². The van der Waals surface area contributed by atoms with Crippen LogP contribution in [-0.2, 0) is 11.3 Å². The smallest absolute Gasteiger partial charge is 0.328 e. The molecular formula is C19H18N2O4. The molecule has 25 heavy (non-hydrogen) atoms. The summed E-state index contributed by atoms with van der Waals surface area (Å²) >= 11 is 0. The van der Waals surface area contributed by atoms with Gasteiger partial charge in [-0.15, -0.1) is 0 Å². The van der Waals surface area contributed by atoms with Crippen LogP contribution in [0.1, 0.15) is 40.1 Å². The van der Waals surface area contributed by atoms with Gasteiger partial charge in [-0.25, -0.2) is 4.79 Å². The van der Waals surface area contributed by atoms with Gasteiger partial charge in [-0.1, -0.05) is 24.3 Å². The molecular weight excluding hydrogens is 320 g/mol. The third kappa shape index (κ3) is 3.10. The van der Waals surface area contributed by atoms with Gasteiger partial charge in [0.15, 0.2) is 0 Å². The highest BCUT2D eigenvalue weighted by Crippen LogP contribution is 2.25. The van der Waals surface area contributed by atoms with E-state index in [4.69, 9.17) is 5.11 Å². The first-order valence-corrected chi connectivity index (χ1v) is 7.85. The van der Waals surface area contributed by atoms with Crippen molar-refractivity contribution >= 4 is 23.5 Å². The molecule has 1 aliphatic rings. The zero-order chi connectivity index (χ0) is 18.2. The lowest BCUT2D eigenvalue weighted by Crippen LogP contribution is -2.39. The van der Waals surface area contributed by atoms with E-state index >= 15 is 0 Å². The quantitative estimate of drug-likeness (QED) is 0.819. The molecule has 6 nitrogen and oxygen atoms in total. The number of imide groups is 1. The first-order chi connectivity index (χ1) is 11.8. The Balaban J connectivity index is 1.74. The molecule has 0 bridgehead atoms. The third-order valence-electron chi connectivity index (χ3n) is 4.16. The molecule has 6 heteroatoms. The molecule has 2 aromatic rings. The molecule has 0 aliphatic carbocycles. The van der Waals surface area contributed by atoms with Gasteiger partial charge in [-0.05, 0) is 43.7 Å². The second-order valence-electron chi connectivity index (χ2n) is 6.49. The van der Waals surface area contributed by atoms with E-state index in [-0.39, 0.29) is 18.4 Å². The summed E-state index contributed by atoms with van der Waals surface area (Å²) in [6, 6.07) is 13.8. The van der Waals surface area contributed by atoms with E-state index in [9.17, 15) is 14.4 Å². The van der Waals surface area contributed by atoms with Crippen molar-refractivity contribution in [3.8, 4) is 0 Å². The van der Waals surface area contributed by atoms with Crippen molar-refractivity contribution in [1.82, 2.24) is 4.90 Å². The fraction of sp³-hybridized carbons (Fsp3) is 0.211. The third-order valence-corrected chi connectivity index (χ3v) is 4.16. The van der Waals surface area contributed by atoms with Gasteiger partial charge in [0.25, 0.3) is 11.8 Å². The van der Waals surface area contributed by atoms with E-state index in [1.807, 2.05) is 0 Å². The number of aliphatic carboxylic acids is 1. The molecule has 3 rings (SSSR count). The molecule has 0 spiro atoms. The van der Waals surface area contributed by atoms with Crippen molar-refractivity contribution in [2.45, 2.75) is 25.9 Å². The van der Waals surface area contributed by atoms with Gasteiger partial charge in [-0.2, -0.15) is 0 Å². The summed E-state index contributed by atoms with van der Waals surface area (Å²) in [5.74, 6) is -1.55. The minimum atomic E-state index is -1.09. The standard InChI is InChI=1S/C19H18N2O4/c1-19(2,18(24)25)20-13-9-7-12(8-10-13)11-21-16(22)14-5-3-4-6-15(14)17(21)23/h3-10,20H,11H2,1-2H3,(H,24,25). The number of carbonyl (C=O) groups is 3. The zero-order valence-electron chi connectivity index (χ0n) is 13.9. The molecule has 0 atom stereocenters. The van der Waals surface area contributed by atoms with Gasteiger partial charge < -0.3 is 10.4 Å². The van der Waals surface area contributed by atoms with Crippen LogP contribution in [0.2, 0.25) is 0 Å². The molecule has 2 aromatic carbocycles. The van der Waals surface area contributed by atoms with Crippen LogP contribution in [0.3, 0.4) is 0 Å². The number of carbonyl (C=O) groups excluding carboxylic acids is 2. The van der Waals surface area contributed by atoms with Crippen LogP contribution in [0.25, 0.3) is 0 Å². The van der Waals surface area contributed by atoms with E-state index < -0.39 is 11.5 Å². The van der Waals surface area contributed by atoms with Crippen molar-refractivity contribution < 1.29 is 19.5 Å². The highest BCUT2D eigenvalue weighted by molar-refractivity contribution is 6.21. The van der Waals surface area contributed by atoms with Crippen LogP contribution < -0.4 is 5.32 Å². The number of fused-ring (bicyclic) bond motifs is 1. The Labute approximate surface area is 145 Å². The van der Waals surface area contributed by atoms with Crippen LogP contribution in [-0.4, -0.2) is 33.3 Å². The van der Waals surface area contributed by atoms with E-state index in [0.29, 0.717) is 16.8 Å². The van der Waals surface area contributed by atoms with Crippen LogP contribution >= 0.6 is 0 Å². The molecule has 1 aliphatic heterocycles. The van der Waals surface area contributed by atoms with Crippen LogP contribution in [0.15, 0.2) is 48.5 Å². The summed E-state index contributed by atoms with van der Waals surface area (Å²) < 4.78 is 0. The van der Waals surface area contributed by atoms with Gasteiger partial charge in [0.2, 0.25) is 0 Å². The number of hydrogen-bond acceptors (Lipinski definition) is 4. The highest BCUT2D eigenvalue weighted by atomic mass is 16.4. The summed E-state index contributed by atoms with van der Waals surface area (Å²) in [4.78, 5) is 37.1. The predicted octanol–water partition coefficient (Wildman–Crippen LogP) is 2.76. The van der Waals surface area contributed by atoms with Gasteiger partial charge >= 0.3 is 5.97 Å². The minimum absolute atomic E-state index is 0.176.